The lowest BCUT2D eigenvalue weighted by molar-refractivity contribution is 0.483. The average molecular weight is 246 g/mol. The Kier molecular flexibility index (Phi) is 2.74. The van der Waals surface area contributed by atoms with E-state index in [0.29, 0.717) is 0 Å². The summed E-state index contributed by atoms with van der Waals surface area (Å²) in [6, 6.07) is 7.78. The first-order valence-corrected chi connectivity index (χ1v) is 3.94. The highest BCUT2D eigenvalue weighted by Crippen LogP contribution is 2.12. The molecule has 2 heteroatoms. The molecule has 52 valence electrons. The van der Waals surface area contributed by atoms with Gasteiger partial charge in [0.1, 0.15) is 5.75 Å². The van der Waals surface area contributed by atoms with Crippen molar-refractivity contribution < 1.29 is 4.74 Å². The second kappa shape index (κ2) is 3.61. The SMILES string of the molecule is C=COc1ccc(I)cc1. The van der Waals surface area contributed by atoms with Crippen molar-refractivity contribution in [3.63, 3.8) is 0 Å². The number of halogens is 1. The number of ether oxygens (including phenoxy) is 1. The molecule has 1 rings (SSSR count). The molecule has 0 radical (unpaired) electrons. The van der Waals surface area contributed by atoms with Crippen LogP contribution in [0, 0.1) is 3.57 Å². The molecule has 0 saturated carbocycles. The first kappa shape index (κ1) is 7.60. The predicted octanol–water partition coefficient (Wildman–Crippen LogP) is 2.81. The van der Waals surface area contributed by atoms with E-state index in [4.69, 9.17) is 4.74 Å². The van der Waals surface area contributed by atoms with Gasteiger partial charge in [-0.25, -0.2) is 0 Å². The van der Waals surface area contributed by atoms with E-state index in [1.54, 1.807) is 0 Å². The lowest BCUT2D eigenvalue weighted by atomic mass is 10.3. The van der Waals surface area contributed by atoms with Gasteiger partial charge in [-0.15, -0.1) is 0 Å². The molecular formula is C8H7IO. The fourth-order valence-corrected chi connectivity index (χ4v) is 0.969. The summed E-state index contributed by atoms with van der Waals surface area (Å²) in [6.45, 7) is 3.45. The van der Waals surface area contributed by atoms with Crippen molar-refractivity contribution in [1.82, 2.24) is 0 Å². The summed E-state index contributed by atoms with van der Waals surface area (Å²) in [5.41, 5.74) is 0. The van der Waals surface area contributed by atoms with Crippen molar-refractivity contribution >= 4 is 22.6 Å². The summed E-state index contributed by atoms with van der Waals surface area (Å²) in [5, 5.41) is 0. The fourth-order valence-electron chi connectivity index (χ4n) is 0.609. The van der Waals surface area contributed by atoms with Crippen LogP contribution in [-0.2, 0) is 0 Å². The second-order valence-corrected chi connectivity index (χ2v) is 2.98. The van der Waals surface area contributed by atoms with Crippen LogP contribution in [0.15, 0.2) is 37.1 Å². The van der Waals surface area contributed by atoms with Crippen molar-refractivity contribution in [2.75, 3.05) is 0 Å². The van der Waals surface area contributed by atoms with Gasteiger partial charge in [-0.3, -0.25) is 0 Å². The maximum atomic E-state index is 5.02. The van der Waals surface area contributed by atoms with E-state index in [1.807, 2.05) is 24.3 Å². The molecule has 0 unspecified atom stereocenters. The van der Waals surface area contributed by atoms with Gasteiger partial charge in [0.2, 0.25) is 0 Å². The lowest BCUT2D eigenvalue weighted by Gasteiger charge is -1.97. The Balaban J connectivity index is 2.78. The van der Waals surface area contributed by atoms with Gasteiger partial charge in [0.25, 0.3) is 0 Å². The van der Waals surface area contributed by atoms with Gasteiger partial charge in [-0.1, -0.05) is 6.58 Å². The van der Waals surface area contributed by atoms with Gasteiger partial charge in [0.15, 0.2) is 0 Å². The maximum absolute atomic E-state index is 5.02. The van der Waals surface area contributed by atoms with Crippen molar-refractivity contribution in [1.29, 1.82) is 0 Å². The molecule has 0 fully saturated rings. The van der Waals surface area contributed by atoms with Crippen LogP contribution in [0.4, 0.5) is 0 Å². The topological polar surface area (TPSA) is 9.23 Å². The highest BCUT2D eigenvalue weighted by Gasteiger charge is 1.88. The zero-order valence-electron chi connectivity index (χ0n) is 5.38. The molecule has 1 aromatic rings. The van der Waals surface area contributed by atoms with E-state index < -0.39 is 0 Å². The van der Waals surface area contributed by atoms with Crippen LogP contribution in [0.1, 0.15) is 0 Å². The smallest absolute Gasteiger partial charge is 0.126 e. The molecule has 0 aliphatic heterocycles. The summed E-state index contributed by atoms with van der Waals surface area (Å²) < 4.78 is 6.22. The van der Waals surface area contributed by atoms with Gasteiger partial charge in [0.05, 0.1) is 6.26 Å². The summed E-state index contributed by atoms with van der Waals surface area (Å²) >= 11 is 2.24. The standard InChI is InChI=1S/C8H7IO/c1-2-10-8-5-3-7(9)4-6-8/h2-6H,1H2. The predicted molar refractivity (Wildman–Crippen MR) is 50.0 cm³/mol. The molecule has 1 aromatic carbocycles. The molecule has 0 bridgehead atoms. The van der Waals surface area contributed by atoms with Crippen molar-refractivity contribution in [2.24, 2.45) is 0 Å². The Morgan fingerprint density at radius 2 is 1.90 bits per heavy atom. The van der Waals surface area contributed by atoms with Gasteiger partial charge >= 0.3 is 0 Å². The van der Waals surface area contributed by atoms with E-state index in [1.165, 1.54) is 9.83 Å². The molecule has 1 nitrogen and oxygen atoms in total. The van der Waals surface area contributed by atoms with Crippen LogP contribution in [0.5, 0.6) is 5.75 Å². The van der Waals surface area contributed by atoms with Crippen molar-refractivity contribution in [3.8, 4) is 5.75 Å². The largest absolute Gasteiger partial charge is 0.466 e. The minimum atomic E-state index is 0.829. The van der Waals surface area contributed by atoms with E-state index >= 15 is 0 Å². The minimum Gasteiger partial charge on any atom is -0.466 e. The zero-order valence-corrected chi connectivity index (χ0v) is 7.54. The number of hydrogen-bond donors (Lipinski definition) is 0. The van der Waals surface area contributed by atoms with Crippen LogP contribution in [-0.4, -0.2) is 0 Å². The first-order chi connectivity index (χ1) is 4.83. The summed E-state index contributed by atoms with van der Waals surface area (Å²) in [5.74, 6) is 0.829. The Labute approximate surface area is 73.8 Å². The Morgan fingerprint density at radius 1 is 1.30 bits per heavy atom. The fraction of sp³-hybridized carbons (Fsp3) is 0. The molecule has 0 heterocycles. The third kappa shape index (κ3) is 2.02. The molecule has 0 aromatic heterocycles. The molecular weight excluding hydrogens is 239 g/mol. The van der Waals surface area contributed by atoms with Gasteiger partial charge in [-0.2, -0.15) is 0 Å². The van der Waals surface area contributed by atoms with Gasteiger partial charge in [-0.05, 0) is 46.9 Å². The van der Waals surface area contributed by atoms with Gasteiger partial charge in [0, 0.05) is 3.57 Å². The molecule has 0 aliphatic rings. The molecule has 0 N–H and O–H groups in total. The third-order valence-corrected chi connectivity index (χ3v) is 1.75. The zero-order chi connectivity index (χ0) is 7.40. The van der Waals surface area contributed by atoms with Crippen LogP contribution >= 0.6 is 22.6 Å². The molecule has 0 amide bonds. The van der Waals surface area contributed by atoms with Crippen LogP contribution in [0.25, 0.3) is 0 Å². The number of benzene rings is 1. The Hall–Kier alpha value is -0.510. The summed E-state index contributed by atoms with van der Waals surface area (Å²) in [7, 11) is 0. The van der Waals surface area contributed by atoms with E-state index in [9.17, 15) is 0 Å². The van der Waals surface area contributed by atoms with Crippen LogP contribution in [0.3, 0.4) is 0 Å². The highest BCUT2D eigenvalue weighted by molar-refractivity contribution is 14.1. The number of hydrogen-bond acceptors (Lipinski definition) is 1. The lowest BCUT2D eigenvalue weighted by Crippen LogP contribution is -1.79. The average Bonchev–Trinajstić information content (AvgIpc) is 1.95. The van der Waals surface area contributed by atoms with E-state index in [-0.39, 0.29) is 0 Å². The first-order valence-electron chi connectivity index (χ1n) is 2.86. The van der Waals surface area contributed by atoms with Crippen molar-refractivity contribution in [2.45, 2.75) is 0 Å². The normalized spacial score (nSPS) is 8.90. The second-order valence-electron chi connectivity index (χ2n) is 1.74. The highest BCUT2D eigenvalue weighted by atomic mass is 127. The molecule has 0 atom stereocenters. The monoisotopic (exact) mass is 246 g/mol. The Bertz CT molecular complexity index is 215. The van der Waals surface area contributed by atoms with E-state index in [2.05, 4.69) is 29.2 Å². The molecule has 10 heavy (non-hydrogen) atoms. The summed E-state index contributed by atoms with van der Waals surface area (Å²) in [6.07, 6.45) is 1.42. The third-order valence-electron chi connectivity index (χ3n) is 1.03. The van der Waals surface area contributed by atoms with Crippen LogP contribution < -0.4 is 4.74 Å². The summed E-state index contributed by atoms with van der Waals surface area (Å²) in [4.78, 5) is 0. The van der Waals surface area contributed by atoms with E-state index in [0.717, 1.165) is 5.75 Å². The van der Waals surface area contributed by atoms with Gasteiger partial charge < -0.3 is 4.74 Å². The van der Waals surface area contributed by atoms with Crippen molar-refractivity contribution in [3.05, 3.63) is 40.7 Å². The maximum Gasteiger partial charge on any atom is 0.126 e. The quantitative estimate of drug-likeness (QED) is 0.575. The molecule has 0 saturated heterocycles. The Morgan fingerprint density at radius 3 is 2.40 bits per heavy atom. The molecule has 0 aliphatic carbocycles. The number of rotatable bonds is 2. The van der Waals surface area contributed by atoms with Crippen LogP contribution in [0.2, 0.25) is 0 Å². The molecule has 0 spiro atoms. The minimum absolute atomic E-state index is 0.829.